The number of hydrogen-bond donors (Lipinski definition) is 3. The second-order valence-corrected chi connectivity index (χ2v) is 6.95. The summed E-state index contributed by atoms with van der Waals surface area (Å²) < 4.78 is 32.4. The molecule has 0 spiro atoms. The second-order valence-electron chi connectivity index (χ2n) is 5.21. The summed E-state index contributed by atoms with van der Waals surface area (Å²) >= 11 is 0. The molecule has 3 rings (SSSR count). The van der Waals surface area contributed by atoms with Crippen molar-refractivity contribution in [3.05, 3.63) is 24.5 Å². The van der Waals surface area contributed by atoms with E-state index >= 15 is 0 Å². The second kappa shape index (κ2) is 5.38. The highest BCUT2D eigenvalue weighted by Gasteiger charge is 2.32. The smallest absolute Gasteiger partial charge is 0.242 e. The first kappa shape index (κ1) is 14.5. The normalized spacial score (nSPS) is 18.9. The van der Waals surface area contributed by atoms with Crippen molar-refractivity contribution in [2.24, 2.45) is 0 Å². The van der Waals surface area contributed by atoms with E-state index in [0.717, 1.165) is 0 Å². The maximum Gasteiger partial charge on any atom is 0.242 e. The van der Waals surface area contributed by atoms with E-state index < -0.39 is 15.6 Å². The van der Waals surface area contributed by atoms with E-state index in [1.165, 1.54) is 6.20 Å². The Morgan fingerprint density at radius 3 is 2.95 bits per heavy atom. The quantitative estimate of drug-likeness (QED) is 0.757. The Hall–Kier alpha value is -1.48. The van der Waals surface area contributed by atoms with Crippen LogP contribution in [0, 0.1) is 0 Å². The van der Waals surface area contributed by atoms with E-state index in [1.54, 1.807) is 18.3 Å². The number of H-pyrrole nitrogens is 1. The first-order valence-electron chi connectivity index (χ1n) is 6.72. The number of fused-ring (bicyclic) bond motifs is 1. The summed E-state index contributed by atoms with van der Waals surface area (Å²) in [6.45, 7) is 0.857. The van der Waals surface area contributed by atoms with Crippen molar-refractivity contribution in [1.29, 1.82) is 0 Å². The molecule has 1 aliphatic heterocycles. The van der Waals surface area contributed by atoms with Crippen molar-refractivity contribution in [2.45, 2.75) is 23.3 Å². The van der Waals surface area contributed by atoms with Gasteiger partial charge in [-0.3, -0.25) is 0 Å². The molecule has 0 bridgehead atoms. The van der Waals surface area contributed by atoms with Crippen LogP contribution in [0.3, 0.4) is 0 Å². The summed E-state index contributed by atoms with van der Waals surface area (Å²) in [7, 11) is -3.70. The van der Waals surface area contributed by atoms with Crippen LogP contribution in [0.4, 0.5) is 0 Å². The fraction of sp³-hybridized carbons (Fsp3) is 0.462. The monoisotopic (exact) mass is 311 g/mol. The molecule has 3 N–H and O–H groups in total. The molecular formula is C13H17N3O4S. The van der Waals surface area contributed by atoms with Crippen LogP contribution in [0.5, 0.6) is 0 Å². The number of aliphatic hydroxyl groups is 1. The molecule has 0 radical (unpaired) electrons. The highest BCUT2D eigenvalue weighted by molar-refractivity contribution is 7.89. The van der Waals surface area contributed by atoms with Crippen LogP contribution in [0.25, 0.3) is 11.0 Å². The van der Waals surface area contributed by atoms with Gasteiger partial charge >= 0.3 is 0 Å². The van der Waals surface area contributed by atoms with Crippen molar-refractivity contribution in [3.63, 3.8) is 0 Å². The molecule has 3 heterocycles. The molecule has 0 amide bonds. The summed E-state index contributed by atoms with van der Waals surface area (Å²) in [5, 5.41) is 10.8. The molecule has 1 saturated heterocycles. The summed E-state index contributed by atoms with van der Waals surface area (Å²) in [6.07, 6.45) is 3.84. The zero-order chi connectivity index (χ0) is 14.9. The standard InChI is InChI=1S/C13H17N3O4S/c17-13(3-6-20-7-4-13)9-16-21(18,19)11-8-15-12-10(11)2-1-5-14-12/h1-2,5,8,16-17H,3-4,6-7,9H2,(H,14,15). The Balaban J connectivity index is 1.81. The fourth-order valence-electron chi connectivity index (χ4n) is 2.39. The number of rotatable bonds is 4. The Morgan fingerprint density at radius 1 is 1.43 bits per heavy atom. The number of aromatic nitrogens is 2. The van der Waals surface area contributed by atoms with Gasteiger partial charge in [0.1, 0.15) is 10.5 Å². The summed E-state index contributed by atoms with van der Waals surface area (Å²) in [6, 6.07) is 3.37. The number of nitrogens with zero attached hydrogens (tertiary/aromatic N) is 1. The van der Waals surface area contributed by atoms with Gasteiger partial charge in [0, 0.05) is 50.4 Å². The average Bonchev–Trinajstić information content (AvgIpc) is 2.91. The zero-order valence-corrected chi connectivity index (χ0v) is 12.2. The number of pyridine rings is 1. The van der Waals surface area contributed by atoms with Crippen molar-refractivity contribution < 1.29 is 18.3 Å². The summed E-state index contributed by atoms with van der Waals surface area (Å²) in [4.78, 5) is 7.03. The molecule has 114 valence electrons. The molecule has 0 aromatic carbocycles. The average molecular weight is 311 g/mol. The fourth-order valence-corrected chi connectivity index (χ4v) is 3.67. The van der Waals surface area contributed by atoms with Crippen molar-refractivity contribution in [2.75, 3.05) is 19.8 Å². The summed E-state index contributed by atoms with van der Waals surface area (Å²) in [5.74, 6) is 0. The number of aromatic amines is 1. The van der Waals surface area contributed by atoms with Crippen LogP contribution >= 0.6 is 0 Å². The Kier molecular flexibility index (Phi) is 3.70. The van der Waals surface area contributed by atoms with Gasteiger partial charge in [-0.05, 0) is 12.1 Å². The van der Waals surface area contributed by atoms with Crippen LogP contribution < -0.4 is 4.72 Å². The molecule has 1 fully saturated rings. The molecule has 8 heteroatoms. The Labute approximate surface area is 122 Å². The minimum atomic E-state index is -3.70. The topological polar surface area (TPSA) is 104 Å². The third-order valence-electron chi connectivity index (χ3n) is 3.72. The molecule has 0 saturated carbocycles. The molecule has 2 aromatic heterocycles. The van der Waals surface area contributed by atoms with Gasteiger partial charge in [-0.2, -0.15) is 0 Å². The van der Waals surface area contributed by atoms with E-state index in [1.807, 2.05) is 0 Å². The largest absolute Gasteiger partial charge is 0.388 e. The van der Waals surface area contributed by atoms with E-state index in [9.17, 15) is 13.5 Å². The minimum absolute atomic E-state index is 0.0222. The van der Waals surface area contributed by atoms with Gasteiger partial charge < -0.3 is 14.8 Å². The van der Waals surface area contributed by atoms with Gasteiger partial charge in [0.15, 0.2) is 0 Å². The lowest BCUT2D eigenvalue weighted by atomic mass is 9.95. The van der Waals surface area contributed by atoms with Crippen molar-refractivity contribution in [1.82, 2.24) is 14.7 Å². The van der Waals surface area contributed by atoms with E-state index in [4.69, 9.17) is 4.74 Å². The first-order valence-corrected chi connectivity index (χ1v) is 8.20. The van der Waals surface area contributed by atoms with Crippen molar-refractivity contribution in [3.8, 4) is 0 Å². The molecular weight excluding hydrogens is 294 g/mol. The van der Waals surface area contributed by atoms with E-state index in [2.05, 4.69) is 14.7 Å². The number of hydrogen-bond acceptors (Lipinski definition) is 5. The van der Waals surface area contributed by atoms with Crippen LogP contribution in [-0.2, 0) is 14.8 Å². The SMILES string of the molecule is O=S(=O)(NCC1(O)CCOCC1)c1c[nH]c2ncccc12. The Morgan fingerprint density at radius 2 is 2.19 bits per heavy atom. The molecule has 0 aliphatic carbocycles. The van der Waals surface area contributed by atoms with Gasteiger partial charge in [0.2, 0.25) is 10.0 Å². The predicted molar refractivity (Wildman–Crippen MR) is 76.3 cm³/mol. The lowest BCUT2D eigenvalue weighted by Crippen LogP contribution is -2.46. The first-order chi connectivity index (χ1) is 10.0. The van der Waals surface area contributed by atoms with Gasteiger partial charge in [-0.15, -0.1) is 0 Å². The van der Waals surface area contributed by atoms with E-state index in [0.29, 0.717) is 37.1 Å². The van der Waals surface area contributed by atoms with E-state index in [-0.39, 0.29) is 11.4 Å². The maximum absolute atomic E-state index is 12.4. The van der Waals surface area contributed by atoms with Gasteiger partial charge in [-0.1, -0.05) is 0 Å². The van der Waals surface area contributed by atoms with Crippen LogP contribution in [-0.4, -0.2) is 48.9 Å². The lowest BCUT2D eigenvalue weighted by molar-refractivity contribution is -0.0588. The summed E-state index contributed by atoms with van der Waals surface area (Å²) in [5.41, 5.74) is -0.530. The lowest BCUT2D eigenvalue weighted by Gasteiger charge is -2.31. The van der Waals surface area contributed by atoms with Crippen LogP contribution in [0.1, 0.15) is 12.8 Å². The molecule has 1 aliphatic rings. The highest BCUT2D eigenvalue weighted by atomic mass is 32.2. The predicted octanol–water partition coefficient (Wildman–Crippen LogP) is 0.383. The number of nitrogens with one attached hydrogen (secondary N) is 2. The molecule has 2 aromatic rings. The number of ether oxygens (including phenoxy) is 1. The highest BCUT2D eigenvalue weighted by Crippen LogP contribution is 2.23. The number of sulfonamides is 1. The molecule has 0 unspecified atom stereocenters. The van der Waals surface area contributed by atoms with Crippen LogP contribution in [0.2, 0.25) is 0 Å². The van der Waals surface area contributed by atoms with Crippen molar-refractivity contribution >= 4 is 21.1 Å². The van der Waals surface area contributed by atoms with Gasteiger partial charge in [-0.25, -0.2) is 18.1 Å². The maximum atomic E-state index is 12.4. The minimum Gasteiger partial charge on any atom is -0.388 e. The zero-order valence-electron chi connectivity index (χ0n) is 11.4. The Bertz CT molecular complexity index is 735. The third-order valence-corrected chi connectivity index (χ3v) is 5.16. The molecule has 0 atom stereocenters. The van der Waals surface area contributed by atoms with Gasteiger partial charge in [0.05, 0.1) is 5.60 Å². The molecule has 21 heavy (non-hydrogen) atoms. The van der Waals surface area contributed by atoms with Gasteiger partial charge in [0.25, 0.3) is 0 Å². The molecule has 7 nitrogen and oxygen atoms in total. The van der Waals surface area contributed by atoms with Crippen LogP contribution in [0.15, 0.2) is 29.4 Å². The third kappa shape index (κ3) is 2.93.